The summed E-state index contributed by atoms with van der Waals surface area (Å²) in [6.07, 6.45) is 10.6. The predicted molar refractivity (Wildman–Crippen MR) is 341 cm³/mol. The molecule has 10 heteroatoms. The van der Waals surface area contributed by atoms with Crippen molar-refractivity contribution in [3.8, 4) is 57.0 Å². The predicted octanol–water partition coefficient (Wildman–Crippen LogP) is 16.4. The summed E-state index contributed by atoms with van der Waals surface area (Å²) in [7, 11) is 0. The molecular weight excluding hydrogens is 1040 g/mol. The number of ether oxygens (including phenoxy) is 4. The number of phenols is 2. The van der Waals surface area contributed by atoms with Crippen molar-refractivity contribution in [2.75, 3.05) is 52.5 Å². The molecule has 0 radical (unpaired) electrons. The van der Waals surface area contributed by atoms with E-state index in [9.17, 15) is 10.2 Å². The average molecular weight is 1120 g/mol. The van der Waals surface area contributed by atoms with Crippen LogP contribution in [0.15, 0.2) is 194 Å². The van der Waals surface area contributed by atoms with Gasteiger partial charge in [-0.15, -0.1) is 0 Å². The Kier molecular flexibility index (Phi) is 19.3. The number of phenolic OH excluding ortho intramolecular Hbond substituents is 2. The molecule has 2 fully saturated rings. The first-order valence-corrected chi connectivity index (χ1v) is 30.3. The molecule has 0 atom stereocenters. The Bertz CT molecular complexity index is 3650. The Morgan fingerprint density at radius 1 is 0.357 bits per heavy atom. The molecule has 0 bridgehead atoms. The number of benzene rings is 8. The van der Waals surface area contributed by atoms with Gasteiger partial charge >= 0.3 is 0 Å². The standard InChI is InChI=1S/C44H46N2O3.C30H34N2O3/c1-34-42-30-41(49-33-37-14-8-5-9-15-37)24-25-43(42)46(44(34)38-18-22-40(23-19-38)48-32-36-12-6-4-7-13-36)31-35-16-20-39(21-17-35)47-29-28-45-26-10-2-3-11-27-45;1-22-28-20-26(34)12-15-29(28)32(30(22)24-8-10-25(33)11-9-24)21-23-6-13-27(14-7-23)35-19-18-31-16-4-2-3-5-17-31/h4-9,12-25,30H,2-3,10-11,26-29,31-33H2,1H3;6-15,20,33-34H,2-5,16-19,21H2,1H3. The number of likely N-dealkylation sites (tertiary alicyclic amines) is 2. The second-order valence-electron chi connectivity index (χ2n) is 22.6. The number of rotatable bonds is 20. The highest BCUT2D eigenvalue weighted by Gasteiger charge is 2.20. The number of hydrogen-bond acceptors (Lipinski definition) is 8. The zero-order chi connectivity index (χ0) is 57.5. The van der Waals surface area contributed by atoms with E-state index in [0.29, 0.717) is 19.8 Å². The first kappa shape index (κ1) is 57.4. The minimum Gasteiger partial charge on any atom is -0.508 e. The summed E-state index contributed by atoms with van der Waals surface area (Å²) < 4.78 is 29.3. The molecule has 8 aromatic carbocycles. The van der Waals surface area contributed by atoms with Gasteiger partial charge in [-0.25, -0.2) is 0 Å². The van der Waals surface area contributed by atoms with Crippen molar-refractivity contribution in [1.82, 2.24) is 18.9 Å². The molecule has 0 amide bonds. The van der Waals surface area contributed by atoms with Gasteiger partial charge in [-0.2, -0.15) is 0 Å². The van der Waals surface area contributed by atoms with Crippen molar-refractivity contribution in [3.05, 3.63) is 228 Å². The first-order valence-electron chi connectivity index (χ1n) is 30.3. The highest BCUT2D eigenvalue weighted by atomic mass is 16.5. The Morgan fingerprint density at radius 3 is 1.21 bits per heavy atom. The normalized spacial score (nSPS) is 14.1. The lowest BCUT2D eigenvalue weighted by atomic mass is 10.1. The van der Waals surface area contributed by atoms with Crippen LogP contribution in [-0.4, -0.2) is 81.6 Å². The summed E-state index contributed by atoms with van der Waals surface area (Å²) in [6, 6.07) is 65.4. The molecule has 2 saturated heterocycles. The van der Waals surface area contributed by atoms with Gasteiger partial charge in [0.05, 0.1) is 11.4 Å². The lowest BCUT2D eigenvalue weighted by Gasteiger charge is -2.19. The van der Waals surface area contributed by atoms with Crippen molar-refractivity contribution in [3.63, 3.8) is 0 Å². The van der Waals surface area contributed by atoms with Crippen molar-refractivity contribution in [2.24, 2.45) is 0 Å². The minimum atomic E-state index is 0.248. The van der Waals surface area contributed by atoms with Crippen LogP contribution < -0.4 is 18.9 Å². The maximum Gasteiger partial charge on any atom is 0.120 e. The topological polar surface area (TPSA) is 93.7 Å². The third kappa shape index (κ3) is 14.8. The Morgan fingerprint density at radius 2 is 0.738 bits per heavy atom. The average Bonchev–Trinajstić information content (AvgIpc) is 2.17. The van der Waals surface area contributed by atoms with E-state index in [0.717, 1.165) is 100 Å². The second kappa shape index (κ2) is 28.2. The molecule has 2 aromatic heterocycles. The van der Waals surface area contributed by atoms with Crippen molar-refractivity contribution < 1.29 is 29.2 Å². The number of aromatic nitrogens is 2. The summed E-state index contributed by atoms with van der Waals surface area (Å²) in [5.41, 5.74) is 13.8. The van der Waals surface area contributed by atoms with Gasteiger partial charge in [-0.1, -0.05) is 111 Å². The SMILES string of the molecule is Cc1c(-c2ccc(O)cc2)n(Cc2ccc(OCCN3CCCCCC3)cc2)c2ccc(O)cc12.Cc1c(-c2ccc(OCc3ccccc3)cc2)n(Cc2ccc(OCCN3CCCCCC3)cc2)c2ccc(OCc3ccccc3)cc12. The third-order valence-corrected chi connectivity index (χ3v) is 16.6. The number of hydrogen-bond donors (Lipinski definition) is 2. The molecule has 0 spiro atoms. The lowest BCUT2D eigenvalue weighted by molar-refractivity contribution is 0.214. The fourth-order valence-corrected chi connectivity index (χ4v) is 12.0. The Hall–Kier alpha value is -8.44. The summed E-state index contributed by atoms with van der Waals surface area (Å²) in [5.74, 6) is 4.07. The molecule has 84 heavy (non-hydrogen) atoms. The molecule has 0 aliphatic carbocycles. The van der Waals surface area contributed by atoms with Crippen LogP contribution in [0.2, 0.25) is 0 Å². The van der Waals surface area contributed by atoms with Gasteiger partial charge in [-0.3, -0.25) is 9.80 Å². The molecule has 0 saturated carbocycles. The van der Waals surface area contributed by atoms with E-state index >= 15 is 0 Å². The van der Waals surface area contributed by atoms with Crippen LogP contribution in [0.5, 0.6) is 34.5 Å². The molecule has 432 valence electrons. The van der Waals surface area contributed by atoms with Crippen LogP contribution in [0.1, 0.15) is 84.7 Å². The first-order chi connectivity index (χ1) is 41.3. The molecule has 0 unspecified atom stereocenters. The molecule has 2 aliphatic heterocycles. The molecule has 4 heterocycles. The monoisotopic (exact) mass is 1120 g/mol. The van der Waals surface area contributed by atoms with Gasteiger partial charge in [0.2, 0.25) is 0 Å². The van der Waals surface area contributed by atoms with Gasteiger partial charge in [0.15, 0.2) is 0 Å². The zero-order valence-corrected chi connectivity index (χ0v) is 48.9. The highest BCUT2D eigenvalue weighted by molar-refractivity contribution is 5.94. The van der Waals surface area contributed by atoms with Gasteiger partial charge in [0, 0.05) is 48.0 Å². The second-order valence-corrected chi connectivity index (χ2v) is 22.6. The van der Waals surface area contributed by atoms with E-state index in [1.165, 1.54) is 111 Å². The summed E-state index contributed by atoms with van der Waals surface area (Å²) in [5, 5.41) is 22.1. The summed E-state index contributed by atoms with van der Waals surface area (Å²) in [4.78, 5) is 5.06. The fraction of sp³-hybridized carbons (Fsp3) is 0.297. The number of nitrogens with zero attached hydrogens (tertiary/aromatic N) is 4. The number of aryl methyl sites for hydroxylation is 2. The van der Waals surface area contributed by atoms with Crippen molar-refractivity contribution in [2.45, 2.75) is 91.5 Å². The van der Waals surface area contributed by atoms with Crippen LogP contribution in [0.25, 0.3) is 44.3 Å². The van der Waals surface area contributed by atoms with Crippen LogP contribution in [0.4, 0.5) is 0 Å². The van der Waals surface area contributed by atoms with Gasteiger partial charge in [0.1, 0.15) is 60.9 Å². The molecule has 2 N–H and O–H groups in total. The van der Waals surface area contributed by atoms with Gasteiger partial charge < -0.3 is 38.3 Å². The number of fused-ring (bicyclic) bond motifs is 2. The van der Waals surface area contributed by atoms with Crippen LogP contribution in [0, 0.1) is 13.8 Å². The van der Waals surface area contributed by atoms with E-state index in [1.807, 2.05) is 60.7 Å². The largest absolute Gasteiger partial charge is 0.508 e. The Labute approximate surface area is 496 Å². The summed E-state index contributed by atoms with van der Waals surface area (Å²) >= 11 is 0. The highest BCUT2D eigenvalue weighted by Crippen LogP contribution is 2.39. The summed E-state index contributed by atoms with van der Waals surface area (Å²) in [6.45, 7) is 15.0. The lowest BCUT2D eigenvalue weighted by Crippen LogP contribution is -2.29. The van der Waals surface area contributed by atoms with Gasteiger partial charge in [0.25, 0.3) is 0 Å². The molecule has 2 aliphatic rings. The minimum absolute atomic E-state index is 0.248. The zero-order valence-electron chi connectivity index (χ0n) is 48.9. The van der Waals surface area contributed by atoms with Crippen LogP contribution in [-0.2, 0) is 26.3 Å². The molecule has 10 aromatic rings. The third-order valence-electron chi connectivity index (χ3n) is 16.6. The van der Waals surface area contributed by atoms with Crippen molar-refractivity contribution >= 4 is 21.8 Å². The number of aromatic hydroxyl groups is 2. The molecular formula is C74H80N4O6. The smallest absolute Gasteiger partial charge is 0.120 e. The van der Waals surface area contributed by atoms with E-state index in [4.69, 9.17) is 18.9 Å². The van der Waals surface area contributed by atoms with Crippen LogP contribution >= 0.6 is 0 Å². The van der Waals surface area contributed by atoms with Crippen molar-refractivity contribution in [1.29, 1.82) is 0 Å². The maximum absolute atomic E-state index is 10.1. The maximum atomic E-state index is 10.1. The van der Waals surface area contributed by atoms with E-state index in [-0.39, 0.29) is 11.5 Å². The molecule has 12 rings (SSSR count). The van der Waals surface area contributed by atoms with Gasteiger partial charge in [-0.05, 0) is 219 Å². The van der Waals surface area contributed by atoms with E-state index in [1.54, 1.807) is 18.2 Å². The quantitative estimate of drug-likeness (QED) is 0.0780. The van der Waals surface area contributed by atoms with E-state index < -0.39 is 0 Å². The van der Waals surface area contributed by atoms with E-state index in [2.05, 4.69) is 148 Å². The molecule has 10 nitrogen and oxygen atoms in total. The Balaban J connectivity index is 0.000000185. The fourth-order valence-electron chi connectivity index (χ4n) is 12.0. The van der Waals surface area contributed by atoms with Crippen LogP contribution in [0.3, 0.4) is 0 Å².